The third-order valence-electron chi connectivity index (χ3n) is 4.69. The monoisotopic (exact) mass is 324 g/mol. The molecule has 0 radical (unpaired) electrons. The summed E-state index contributed by atoms with van der Waals surface area (Å²) in [6.07, 6.45) is -0.169. The van der Waals surface area contributed by atoms with Crippen LogP contribution in [0, 0.1) is 5.82 Å². The summed E-state index contributed by atoms with van der Waals surface area (Å²) in [7, 11) is 0. The van der Waals surface area contributed by atoms with E-state index in [4.69, 9.17) is 0 Å². The molecule has 1 aromatic heterocycles. The quantitative estimate of drug-likeness (QED) is 0.778. The predicted octanol–water partition coefficient (Wildman–Crippen LogP) is 3.86. The average Bonchev–Trinajstić information content (AvgIpc) is 2.90. The van der Waals surface area contributed by atoms with Crippen molar-refractivity contribution in [3.8, 4) is 0 Å². The fourth-order valence-electron chi connectivity index (χ4n) is 3.51. The van der Waals surface area contributed by atoms with Crippen molar-refractivity contribution < 1.29 is 14.3 Å². The molecule has 5 heteroatoms. The Labute approximate surface area is 138 Å². The first kappa shape index (κ1) is 14.8. The second-order valence-electron chi connectivity index (χ2n) is 6.11. The summed E-state index contributed by atoms with van der Waals surface area (Å²) in [6, 6.07) is 14.6. The molecule has 0 bridgehead atoms. The maximum atomic E-state index is 13.2. The third kappa shape index (κ3) is 2.42. The Balaban J connectivity index is 1.83. The van der Waals surface area contributed by atoms with Crippen LogP contribution in [0.25, 0.3) is 10.9 Å². The van der Waals surface area contributed by atoms with Crippen molar-refractivity contribution >= 4 is 17.0 Å². The number of benzene rings is 2. The lowest BCUT2D eigenvalue weighted by atomic mass is 10.0. The van der Waals surface area contributed by atoms with Gasteiger partial charge in [-0.1, -0.05) is 30.3 Å². The van der Waals surface area contributed by atoms with Crippen LogP contribution >= 0.6 is 0 Å². The third-order valence-corrected chi connectivity index (χ3v) is 4.69. The molecule has 1 aliphatic heterocycles. The van der Waals surface area contributed by atoms with Crippen molar-refractivity contribution in [1.82, 2.24) is 9.47 Å². The molecule has 0 fully saturated rings. The lowest BCUT2D eigenvalue weighted by molar-refractivity contribution is 0.138. The summed E-state index contributed by atoms with van der Waals surface area (Å²) in [5.41, 5.74) is 4.35. The van der Waals surface area contributed by atoms with Gasteiger partial charge in [0.1, 0.15) is 5.82 Å². The van der Waals surface area contributed by atoms with Crippen molar-refractivity contribution in [2.45, 2.75) is 19.5 Å². The molecule has 0 atom stereocenters. The van der Waals surface area contributed by atoms with E-state index in [1.165, 1.54) is 28.0 Å². The Morgan fingerprint density at radius 1 is 1.12 bits per heavy atom. The van der Waals surface area contributed by atoms with Gasteiger partial charge in [0.15, 0.2) is 0 Å². The number of carbonyl (C=O) groups is 1. The van der Waals surface area contributed by atoms with Gasteiger partial charge in [-0.25, -0.2) is 9.18 Å². The zero-order valence-electron chi connectivity index (χ0n) is 13.1. The lowest BCUT2D eigenvalue weighted by Crippen LogP contribution is -2.35. The Hall–Kier alpha value is -2.82. The van der Waals surface area contributed by atoms with Gasteiger partial charge in [0, 0.05) is 29.7 Å². The van der Waals surface area contributed by atoms with Gasteiger partial charge in [0.05, 0.1) is 6.54 Å². The molecule has 4 nitrogen and oxygen atoms in total. The van der Waals surface area contributed by atoms with Crippen molar-refractivity contribution in [3.05, 3.63) is 71.2 Å². The highest BCUT2D eigenvalue weighted by Gasteiger charge is 2.26. The Bertz CT molecular complexity index is 915. The minimum atomic E-state index is -0.890. The van der Waals surface area contributed by atoms with Gasteiger partial charge in [-0.3, -0.25) is 0 Å². The van der Waals surface area contributed by atoms with Gasteiger partial charge >= 0.3 is 6.09 Å². The molecule has 0 spiro atoms. The maximum Gasteiger partial charge on any atom is 0.407 e. The topological polar surface area (TPSA) is 45.5 Å². The molecule has 0 saturated heterocycles. The number of hydrogen-bond donors (Lipinski definition) is 1. The molecule has 24 heavy (non-hydrogen) atoms. The highest BCUT2D eigenvalue weighted by atomic mass is 19.1. The first-order valence-corrected chi connectivity index (χ1v) is 7.95. The first-order chi connectivity index (χ1) is 11.6. The van der Waals surface area contributed by atoms with Crippen LogP contribution in [0.1, 0.15) is 16.8 Å². The molecular weight excluding hydrogens is 307 g/mol. The van der Waals surface area contributed by atoms with E-state index in [9.17, 15) is 14.3 Å². The number of halogens is 1. The smallest absolute Gasteiger partial charge is 0.407 e. The summed E-state index contributed by atoms with van der Waals surface area (Å²) in [4.78, 5) is 12.8. The molecule has 1 aliphatic rings. The summed E-state index contributed by atoms with van der Waals surface area (Å²) >= 11 is 0. The van der Waals surface area contributed by atoms with Gasteiger partial charge in [0.25, 0.3) is 0 Å². The highest BCUT2D eigenvalue weighted by Crippen LogP contribution is 2.31. The molecule has 1 N–H and O–H groups in total. The molecule has 0 aliphatic carbocycles. The van der Waals surface area contributed by atoms with Crippen molar-refractivity contribution in [2.24, 2.45) is 0 Å². The molecule has 3 aromatic rings. The predicted molar refractivity (Wildman–Crippen MR) is 89.6 cm³/mol. The van der Waals surface area contributed by atoms with Crippen LogP contribution in [0.2, 0.25) is 0 Å². The summed E-state index contributed by atoms with van der Waals surface area (Å²) in [5.74, 6) is -0.254. The highest BCUT2D eigenvalue weighted by molar-refractivity contribution is 5.86. The maximum absolute atomic E-state index is 13.2. The van der Waals surface area contributed by atoms with E-state index in [0.29, 0.717) is 19.6 Å². The number of aromatic nitrogens is 1. The minimum absolute atomic E-state index is 0.254. The van der Waals surface area contributed by atoms with Gasteiger partial charge in [-0.15, -0.1) is 0 Å². The minimum Gasteiger partial charge on any atom is -0.465 e. The lowest BCUT2D eigenvalue weighted by Gasteiger charge is -2.26. The molecule has 0 saturated carbocycles. The Morgan fingerprint density at radius 3 is 2.62 bits per heavy atom. The standard InChI is InChI=1S/C19H17FN2O2/c20-14-7-5-13(6-8-14)11-22-17-4-2-1-3-15(17)16-9-10-21(19(23)24)12-18(16)22/h1-8H,9-12H2,(H,23,24). The number of nitrogens with zero attached hydrogens (tertiary/aromatic N) is 2. The SMILES string of the molecule is O=C(O)N1CCc2c(n(Cc3ccc(F)cc3)c3ccccc23)C1. The van der Waals surface area contributed by atoms with Crippen molar-refractivity contribution in [1.29, 1.82) is 0 Å². The summed E-state index contributed by atoms with van der Waals surface area (Å²) in [5, 5.41) is 10.5. The van der Waals surface area contributed by atoms with E-state index in [2.05, 4.69) is 16.7 Å². The van der Waals surface area contributed by atoms with Crippen LogP contribution in [0.5, 0.6) is 0 Å². The Kier molecular flexibility index (Phi) is 3.49. The fourth-order valence-corrected chi connectivity index (χ4v) is 3.51. The zero-order chi connectivity index (χ0) is 16.7. The van der Waals surface area contributed by atoms with Crippen LogP contribution in [-0.2, 0) is 19.5 Å². The van der Waals surface area contributed by atoms with E-state index in [1.807, 2.05) is 12.1 Å². The second-order valence-corrected chi connectivity index (χ2v) is 6.11. The number of para-hydroxylation sites is 1. The summed E-state index contributed by atoms with van der Waals surface area (Å²) < 4.78 is 15.3. The largest absolute Gasteiger partial charge is 0.465 e. The number of amides is 1. The molecule has 2 aromatic carbocycles. The van der Waals surface area contributed by atoms with E-state index in [0.717, 1.165) is 23.2 Å². The van der Waals surface area contributed by atoms with E-state index in [-0.39, 0.29) is 5.82 Å². The van der Waals surface area contributed by atoms with Crippen molar-refractivity contribution in [2.75, 3.05) is 6.54 Å². The van der Waals surface area contributed by atoms with Gasteiger partial charge < -0.3 is 14.6 Å². The molecule has 4 rings (SSSR count). The summed E-state index contributed by atoms with van der Waals surface area (Å²) in [6.45, 7) is 1.51. The molecule has 2 heterocycles. The normalized spacial score (nSPS) is 14.0. The van der Waals surface area contributed by atoms with Crippen LogP contribution in [0.3, 0.4) is 0 Å². The molecular formula is C19H17FN2O2. The number of rotatable bonds is 2. The van der Waals surface area contributed by atoms with Crippen molar-refractivity contribution in [3.63, 3.8) is 0 Å². The van der Waals surface area contributed by atoms with Crippen LogP contribution in [0.15, 0.2) is 48.5 Å². The van der Waals surface area contributed by atoms with Gasteiger partial charge in [-0.2, -0.15) is 0 Å². The zero-order valence-corrected chi connectivity index (χ0v) is 13.1. The molecule has 1 amide bonds. The number of hydrogen-bond acceptors (Lipinski definition) is 1. The van der Waals surface area contributed by atoms with Crippen LogP contribution < -0.4 is 0 Å². The number of fused-ring (bicyclic) bond motifs is 3. The van der Waals surface area contributed by atoms with Gasteiger partial charge in [-0.05, 0) is 35.7 Å². The van der Waals surface area contributed by atoms with E-state index in [1.54, 1.807) is 12.1 Å². The Morgan fingerprint density at radius 2 is 1.88 bits per heavy atom. The first-order valence-electron chi connectivity index (χ1n) is 7.95. The van der Waals surface area contributed by atoms with Crippen LogP contribution in [-0.4, -0.2) is 27.2 Å². The van der Waals surface area contributed by atoms with E-state index < -0.39 is 6.09 Å². The second kappa shape index (κ2) is 5.67. The molecule has 0 unspecified atom stereocenters. The van der Waals surface area contributed by atoms with Gasteiger partial charge in [0.2, 0.25) is 0 Å². The number of carboxylic acid groups (broad SMARTS) is 1. The van der Waals surface area contributed by atoms with E-state index >= 15 is 0 Å². The molecule has 122 valence electrons. The fraction of sp³-hybridized carbons (Fsp3) is 0.211. The average molecular weight is 324 g/mol. The van der Waals surface area contributed by atoms with Crippen LogP contribution in [0.4, 0.5) is 9.18 Å².